The van der Waals surface area contributed by atoms with E-state index >= 15 is 0 Å². The van der Waals surface area contributed by atoms with E-state index in [0.29, 0.717) is 0 Å². The molecule has 0 amide bonds. The van der Waals surface area contributed by atoms with Crippen LogP contribution in [-0.2, 0) is 11.1 Å². The first-order chi connectivity index (χ1) is 13.2. The van der Waals surface area contributed by atoms with E-state index in [1.807, 2.05) is 0 Å². The van der Waals surface area contributed by atoms with E-state index in [1.165, 1.54) is 24.5 Å². The molecule has 0 spiro atoms. The normalized spacial score (nSPS) is 12.3. The Morgan fingerprint density at radius 1 is 1.24 bits per heavy atom. The topological polar surface area (TPSA) is 191 Å². The number of rotatable bonds is 6. The second-order valence-corrected chi connectivity index (χ2v) is 7.55. The van der Waals surface area contributed by atoms with Crippen LogP contribution in [0.4, 0.5) is 5.69 Å². The third-order valence-electron chi connectivity index (χ3n) is 3.93. The second-order valence-electron chi connectivity index (χ2n) is 5.85. The maximum atomic E-state index is 11.9. The Kier molecular flexibility index (Phi) is 6.67. The van der Waals surface area contributed by atoms with Crippen molar-refractivity contribution in [3.05, 3.63) is 78.6 Å². The molecule has 0 saturated carbocycles. The molecule has 12 nitrogen and oxygen atoms in total. The summed E-state index contributed by atoms with van der Waals surface area (Å²) in [5, 5.41) is 13.8. The zero-order valence-corrected chi connectivity index (χ0v) is 16.1. The van der Waals surface area contributed by atoms with E-state index in [0.717, 1.165) is 12.1 Å². The highest BCUT2D eigenvalue weighted by atomic mass is 35.5. The van der Waals surface area contributed by atoms with Crippen LogP contribution in [0.3, 0.4) is 0 Å². The molecular formula is C15H15ClN5O7P. The van der Waals surface area contributed by atoms with Crippen LogP contribution in [0.2, 0.25) is 0 Å². The van der Waals surface area contributed by atoms with E-state index in [4.69, 9.17) is 0 Å². The van der Waals surface area contributed by atoms with Gasteiger partial charge in [0.25, 0.3) is 5.69 Å². The molecule has 3 aromatic rings. The number of halogens is 1. The van der Waals surface area contributed by atoms with Crippen molar-refractivity contribution in [3.8, 4) is 0 Å². The molecule has 0 bridgehead atoms. The highest BCUT2D eigenvalue weighted by molar-refractivity contribution is 7.52. The third kappa shape index (κ3) is 4.94. The van der Waals surface area contributed by atoms with Crippen molar-refractivity contribution in [3.63, 3.8) is 0 Å². The van der Waals surface area contributed by atoms with Crippen LogP contribution in [0.25, 0.3) is 11.0 Å². The molecule has 0 saturated heterocycles. The van der Waals surface area contributed by atoms with Crippen LogP contribution in [0.1, 0.15) is 16.9 Å². The average Bonchev–Trinajstić information content (AvgIpc) is 2.62. The van der Waals surface area contributed by atoms with Crippen molar-refractivity contribution < 1.29 is 19.3 Å². The summed E-state index contributed by atoms with van der Waals surface area (Å²) in [6.45, 7) is -0.245. The lowest BCUT2D eigenvalue weighted by molar-refractivity contribution is -0.384. The largest absolute Gasteiger partial charge is 0.346 e. The zero-order chi connectivity index (χ0) is 20.5. The molecule has 0 aliphatic heterocycles. The third-order valence-corrected chi connectivity index (χ3v) is 5.08. The van der Waals surface area contributed by atoms with Gasteiger partial charge in [-0.05, 0) is 17.2 Å². The average molecular weight is 444 g/mol. The summed E-state index contributed by atoms with van der Waals surface area (Å²) >= 11 is 0. The lowest BCUT2D eigenvalue weighted by Crippen LogP contribution is -2.29. The monoisotopic (exact) mass is 443 g/mol. The first kappa shape index (κ1) is 22.4. The number of pyridine rings is 1. The Bertz CT molecular complexity index is 1210. The van der Waals surface area contributed by atoms with Crippen molar-refractivity contribution in [2.45, 2.75) is 12.3 Å². The number of benzene rings is 1. The number of nitrogens with zero attached hydrogens (tertiary/aromatic N) is 2. The Labute approximate surface area is 167 Å². The van der Waals surface area contributed by atoms with E-state index < -0.39 is 29.4 Å². The molecule has 5 N–H and O–H groups in total. The number of H-pyrrole nitrogens is 2. The molecule has 1 atom stereocenters. The molecule has 2 aromatic heterocycles. The number of fused-ring (bicyclic) bond motifs is 1. The number of nitro benzene ring substituents is 1. The van der Waals surface area contributed by atoms with Gasteiger partial charge in [0.15, 0.2) is 0 Å². The van der Waals surface area contributed by atoms with Crippen LogP contribution >= 0.6 is 20.0 Å². The first-order valence-electron chi connectivity index (χ1n) is 7.79. The summed E-state index contributed by atoms with van der Waals surface area (Å²) < 4.78 is 11.9. The number of aromatic amines is 2. The van der Waals surface area contributed by atoms with E-state index in [1.54, 1.807) is 0 Å². The van der Waals surface area contributed by atoms with Gasteiger partial charge in [-0.3, -0.25) is 34.6 Å². The predicted octanol–water partition coefficient (Wildman–Crippen LogP) is 0.907. The summed E-state index contributed by atoms with van der Waals surface area (Å²) in [6.07, 6.45) is 2.72. The van der Waals surface area contributed by atoms with Gasteiger partial charge in [0.2, 0.25) is 0 Å². The minimum absolute atomic E-state index is 0. The van der Waals surface area contributed by atoms with Gasteiger partial charge >= 0.3 is 18.7 Å². The summed E-state index contributed by atoms with van der Waals surface area (Å²) in [4.78, 5) is 61.3. The van der Waals surface area contributed by atoms with E-state index in [-0.39, 0.29) is 46.8 Å². The number of nitro groups is 1. The predicted molar refractivity (Wildman–Crippen MR) is 105 cm³/mol. The molecule has 1 unspecified atom stereocenters. The van der Waals surface area contributed by atoms with Gasteiger partial charge in [0.1, 0.15) is 5.78 Å². The Balaban J connectivity index is 0.00000300. The van der Waals surface area contributed by atoms with E-state index in [2.05, 4.69) is 20.3 Å². The minimum Gasteiger partial charge on any atom is -0.323 e. The van der Waals surface area contributed by atoms with Crippen molar-refractivity contribution in [1.82, 2.24) is 20.3 Å². The van der Waals surface area contributed by atoms with E-state index in [9.17, 15) is 34.1 Å². The van der Waals surface area contributed by atoms with Gasteiger partial charge < -0.3 is 19.8 Å². The summed E-state index contributed by atoms with van der Waals surface area (Å²) in [5.41, 5.74) is -1.78. The van der Waals surface area contributed by atoms with Crippen LogP contribution in [0.5, 0.6) is 0 Å². The number of hydrogen-bond acceptors (Lipinski definition) is 7. The van der Waals surface area contributed by atoms with Gasteiger partial charge in [-0.1, -0.05) is 6.07 Å². The maximum absolute atomic E-state index is 11.9. The lowest BCUT2D eigenvalue weighted by Gasteiger charge is -2.20. The first-order valence-corrected chi connectivity index (χ1v) is 9.47. The van der Waals surface area contributed by atoms with Crippen LogP contribution in [-0.4, -0.2) is 29.7 Å². The Morgan fingerprint density at radius 2 is 1.93 bits per heavy atom. The second kappa shape index (κ2) is 8.64. The molecule has 154 valence electrons. The van der Waals surface area contributed by atoms with Crippen molar-refractivity contribution in [2.75, 3.05) is 0 Å². The summed E-state index contributed by atoms with van der Waals surface area (Å²) in [6, 6.07) is 5.20. The number of aromatic nitrogens is 3. The standard InChI is InChI=1S/C15H14N5O7P.ClH/c21-13-14(22)19-12-9(4-10(20(23)24)5-11(12)18-13)7-17-15(28(25,26)27)8-2-1-3-16-6-8;/h1-6,15,17H,7H2,(H,18,21)(H,19,22)(H2,25,26,27);1H. The quantitative estimate of drug-likeness (QED) is 0.159. The minimum atomic E-state index is -4.66. The molecule has 1 aromatic carbocycles. The Morgan fingerprint density at radius 3 is 2.52 bits per heavy atom. The smallest absolute Gasteiger partial charge is 0.323 e. The lowest BCUT2D eigenvalue weighted by atomic mass is 10.1. The fourth-order valence-corrected chi connectivity index (χ4v) is 3.57. The molecule has 29 heavy (non-hydrogen) atoms. The number of non-ortho nitro benzene ring substituents is 1. The SMILES string of the molecule is Cl.O=c1[nH]c2cc([N+](=O)[O-])cc(CNC(c3cccnc3)P(=O)(O)O)c2[nH]c1=O. The van der Waals surface area contributed by atoms with Gasteiger partial charge in [0, 0.05) is 31.1 Å². The highest BCUT2D eigenvalue weighted by Gasteiger charge is 2.30. The van der Waals surface area contributed by atoms with Crippen LogP contribution in [0.15, 0.2) is 46.2 Å². The van der Waals surface area contributed by atoms with Gasteiger partial charge in [-0.2, -0.15) is 0 Å². The molecule has 14 heteroatoms. The number of nitrogens with one attached hydrogen (secondary N) is 3. The fraction of sp³-hybridized carbons (Fsp3) is 0.133. The Hall–Kier alpha value is -2.89. The molecule has 0 aliphatic rings. The summed E-state index contributed by atoms with van der Waals surface area (Å²) in [5.74, 6) is -1.43. The molecule has 3 rings (SSSR count). The summed E-state index contributed by atoms with van der Waals surface area (Å²) in [7, 11) is -4.66. The van der Waals surface area contributed by atoms with Crippen molar-refractivity contribution in [1.29, 1.82) is 0 Å². The van der Waals surface area contributed by atoms with Gasteiger partial charge in [-0.25, -0.2) is 0 Å². The molecular weight excluding hydrogens is 429 g/mol. The molecule has 0 aliphatic carbocycles. The van der Waals surface area contributed by atoms with Crippen LogP contribution in [0, 0.1) is 10.1 Å². The van der Waals surface area contributed by atoms with Crippen LogP contribution < -0.4 is 16.4 Å². The van der Waals surface area contributed by atoms with Gasteiger partial charge in [0.05, 0.1) is 16.0 Å². The fourth-order valence-electron chi connectivity index (χ4n) is 2.70. The van der Waals surface area contributed by atoms with Crippen molar-refractivity contribution in [2.24, 2.45) is 0 Å². The molecule has 0 radical (unpaired) electrons. The molecule has 2 heterocycles. The van der Waals surface area contributed by atoms with Crippen molar-refractivity contribution >= 4 is 36.7 Å². The van der Waals surface area contributed by atoms with Gasteiger partial charge in [-0.15, -0.1) is 12.4 Å². The number of hydrogen-bond donors (Lipinski definition) is 5. The zero-order valence-electron chi connectivity index (χ0n) is 14.4. The highest BCUT2D eigenvalue weighted by Crippen LogP contribution is 2.49. The molecule has 0 fully saturated rings. The maximum Gasteiger partial charge on any atom is 0.346 e.